The van der Waals surface area contributed by atoms with Crippen molar-refractivity contribution in [3.05, 3.63) is 33.8 Å². The lowest BCUT2D eigenvalue weighted by molar-refractivity contribution is -0.152. The van der Waals surface area contributed by atoms with Crippen LogP contribution in [0.15, 0.2) is 22.7 Å². The molecule has 0 radical (unpaired) electrons. The third-order valence-electron chi connectivity index (χ3n) is 3.93. The fourth-order valence-corrected chi connectivity index (χ4v) is 2.88. The summed E-state index contributed by atoms with van der Waals surface area (Å²) >= 11 is 3.43. The molecule has 1 saturated carbocycles. The zero-order valence-electron chi connectivity index (χ0n) is 11.4. The molecule has 108 valence electrons. The van der Waals surface area contributed by atoms with Crippen LogP contribution in [0, 0.1) is 18.8 Å². The van der Waals surface area contributed by atoms with Gasteiger partial charge in [0.15, 0.2) is 0 Å². The molecule has 1 fully saturated rings. The molecule has 1 aliphatic rings. The number of hydrogen-bond donors (Lipinski definition) is 2. The Morgan fingerprint density at radius 3 is 2.65 bits per heavy atom. The molecule has 0 heterocycles. The summed E-state index contributed by atoms with van der Waals surface area (Å²) in [6, 6.07) is 6.07. The minimum absolute atomic E-state index is 0.128. The maximum Gasteiger partial charge on any atom is 0.307 e. The molecule has 0 aliphatic heterocycles. The molecule has 1 aromatic carbocycles. The van der Waals surface area contributed by atoms with Gasteiger partial charge in [0.2, 0.25) is 5.91 Å². The normalized spacial score (nSPS) is 21.1. The first-order valence-electron chi connectivity index (χ1n) is 6.74. The lowest BCUT2D eigenvalue weighted by atomic mass is 9.73. The Morgan fingerprint density at radius 2 is 2.05 bits per heavy atom. The average molecular weight is 340 g/mol. The second-order valence-corrected chi connectivity index (χ2v) is 6.16. The van der Waals surface area contributed by atoms with Gasteiger partial charge < -0.3 is 10.4 Å². The van der Waals surface area contributed by atoms with E-state index in [9.17, 15) is 9.59 Å². The van der Waals surface area contributed by atoms with Crippen LogP contribution < -0.4 is 5.32 Å². The molecule has 0 bridgehead atoms. The van der Waals surface area contributed by atoms with Crippen molar-refractivity contribution in [1.82, 2.24) is 5.32 Å². The van der Waals surface area contributed by atoms with E-state index in [1.165, 1.54) is 11.1 Å². The summed E-state index contributed by atoms with van der Waals surface area (Å²) in [5.41, 5.74) is 2.37. The van der Waals surface area contributed by atoms with Gasteiger partial charge in [0.05, 0.1) is 11.8 Å². The second kappa shape index (κ2) is 6.39. The highest BCUT2D eigenvalue weighted by Gasteiger charge is 2.41. The van der Waals surface area contributed by atoms with E-state index in [1.54, 1.807) is 0 Å². The van der Waals surface area contributed by atoms with Crippen molar-refractivity contribution in [3.63, 3.8) is 0 Å². The van der Waals surface area contributed by atoms with E-state index in [-0.39, 0.29) is 11.8 Å². The van der Waals surface area contributed by atoms with E-state index in [1.807, 2.05) is 25.1 Å². The van der Waals surface area contributed by atoms with Crippen molar-refractivity contribution in [2.45, 2.75) is 26.2 Å². The predicted molar refractivity (Wildman–Crippen MR) is 79.4 cm³/mol. The molecule has 2 rings (SSSR count). The largest absolute Gasteiger partial charge is 0.481 e. The smallest absolute Gasteiger partial charge is 0.307 e. The van der Waals surface area contributed by atoms with Crippen LogP contribution in [0.2, 0.25) is 0 Å². The van der Waals surface area contributed by atoms with Crippen LogP contribution in [-0.4, -0.2) is 23.5 Å². The Balaban J connectivity index is 1.82. The predicted octanol–water partition coefficient (Wildman–Crippen LogP) is 2.53. The quantitative estimate of drug-likeness (QED) is 0.866. The fraction of sp³-hybridized carbons (Fsp3) is 0.467. The molecular weight excluding hydrogens is 322 g/mol. The highest BCUT2D eigenvalue weighted by atomic mass is 79.9. The van der Waals surface area contributed by atoms with Gasteiger partial charge in [-0.05, 0) is 49.4 Å². The summed E-state index contributed by atoms with van der Waals surface area (Å²) < 4.78 is 1.02. The molecule has 0 aromatic heterocycles. The van der Waals surface area contributed by atoms with Crippen LogP contribution in [-0.2, 0) is 16.0 Å². The zero-order chi connectivity index (χ0) is 14.7. The molecule has 5 heteroatoms. The summed E-state index contributed by atoms with van der Waals surface area (Å²) in [6.07, 6.45) is 2.04. The highest BCUT2D eigenvalue weighted by molar-refractivity contribution is 9.10. The summed E-state index contributed by atoms with van der Waals surface area (Å²) in [5, 5.41) is 11.8. The molecule has 1 amide bonds. The molecule has 1 aromatic rings. The van der Waals surface area contributed by atoms with Crippen molar-refractivity contribution < 1.29 is 14.7 Å². The van der Waals surface area contributed by atoms with Gasteiger partial charge in [-0.15, -0.1) is 0 Å². The number of carbonyl (C=O) groups is 2. The van der Waals surface area contributed by atoms with E-state index in [0.29, 0.717) is 19.4 Å². The highest BCUT2D eigenvalue weighted by Crippen LogP contribution is 2.34. The number of nitrogens with one attached hydrogen (secondary N) is 1. The first-order chi connectivity index (χ1) is 9.49. The van der Waals surface area contributed by atoms with Gasteiger partial charge in [-0.3, -0.25) is 9.59 Å². The lowest BCUT2D eigenvalue weighted by Gasteiger charge is -2.31. The van der Waals surface area contributed by atoms with Gasteiger partial charge in [0.25, 0.3) is 0 Å². The van der Waals surface area contributed by atoms with Crippen LogP contribution in [0.4, 0.5) is 0 Å². The zero-order valence-corrected chi connectivity index (χ0v) is 12.9. The number of aryl methyl sites for hydroxylation is 1. The molecule has 2 N–H and O–H groups in total. The van der Waals surface area contributed by atoms with Crippen molar-refractivity contribution in [2.24, 2.45) is 11.8 Å². The van der Waals surface area contributed by atoms with E-state index in [0.717, 1.165) is 10.9 Å². The van der Waals surface area contributed by atoms with Crippen LogP contribution in [0.3, 0.4) is 0 Å². The Bertz CT molecular complexity index is 530. The number of benzene rings is 1. The number of halogens is 1. The van der Waals surface area contributed by atoms with Crippen molar-refractivity contribution >= 4 is 27.8 Å². The third-order valence-corrected chi connectivity index (χ3v) is 4.43. The summed E-state index contributed by atoms with van der Waals surface area (Å²) in [6.45, 7) is 2.58. The maximum absolute atomic E-state index is 11.9. The van der Waals surface area contributed by atoms with Crippen molar-refractivity contribution in [3.8, 4) is 0 Å². The second-order valence-electron chi connectivity index (χ2n) is 5.24. The Labute approximate surface area is 126 Å². The Morgan fingerprint density at radius 1 is 1.35 bits per heavy atom. The van der Waals surface area contributed by atoms with Gasteiger partial charge >= 0.3 is 5.97 Å². The number of hydrogen-bond acceptors (Lipinski definition) is 2. The topological polar surface area (TPSA) is 66.4 Å². The lowest BCUT2D eigenvalue weighted by Crippen LogP contribution is -2.44. The number of carbonyl (C=O) groups excluding carboxylic acids is 1. The summed E-state index contributed by atoms with van der Waals surface area (Å²) in [7, 11) is 0. The van der Waals surface area contributed by atoms with E-state index < -0.39 is 11.9 Å². The molecule has 20 heavy (non-hydrogen) atoms. The average Bonchev–Trinajstić information content (AvgIpc) is 2.31. The summed E-state index contributed by atoms with van der Waals surface area (Å²) in [5.74, 6) is -1.84. The SMILES string of the molecule is Cc1ccc(Br)cc1CCNC(=O)[C@@H]1CC[C@@H]1C(=O)O. The van der Waals surface area contributed by atoms with E-state index >= 15 is 0 Å². The molecule has 0 saturated heterocycles. The molecule has 0 unspecified atom stereocenters. The van der Waals surface area contributed by atoms with Crippen LogP contribution in [0.25, 0.3) is 0 Å². The minimum atomic E-state index is -0.862. The fourth-order valence-electron chi connectivity index (χ4n) is 2.47. The van der Waals surface area contributed by atoms with E-state index in [2.05, 4.69) is 21.2 Å². The van der Waals surface area contributed by atoms with Gasteiger partial charge in [0, 0.05) is 11.0 Å². The number of rotatable bonds is 5. The third kappa shape index (κ3) is 3.39. The standard InChI is InChI=1S/C15H18BrNO3/c1-9-2-3-11(16)8-10(9)6-7-17-14(18)12-4-5-13(12)15(19)20/h2-3,8,12-13H,4-7H2,1H3,(H,17,18)(H,19,20)/t12-,13+/m1/s1. The summed E-state index contributed by atoms with van der Waals surface area (Å²) in [4.78, 5) is 22.8. The monoisotopic (exact) mass is 339 g/mol. The van der Waals surface area contributed by atoms with Gasteiger partial charge in [-0.2, -0.15) is 0 Å². The van der Waals surface area contributed by atoms with E-state index in [4.69, 9.17) is 5.11 Å². The van der Waals surface area contributed by atoms with Gasteiger partial charge in [0.1, 0.15) is 0 Å². The van der Waals surface area contributed by atoms with Crippen LogP contribution in [0.5, 0.6) is 0 Å². The number of amides is 1. The van der Waals surface area contributed by atoms with Gasteiger partial charge in [-0.1, -0.05) is 22.0 Å². The number of carboxylic acids is 1. The van der Waals surface area contributed by atoms with Gasteiger partial charge in [-0.25, -0.2) is 0 Å². The molecule has 1 aliphatic carbocycles. The first-order valence-corrected chi connectivity index (χ1v) is 7.54. The maximum atomic E-state index is 11.9. The first kappa shape index (κ1) is 15.0. The van der Waals surface area contributed by atoms with Crippen LogP contribution >= 0.6 is 15.9 Å². The minimum Gasteiger partial charge on any atom is -0.481 e. The number of carboxylic acid groups (broad SMARTS) is 1. The molecular formula is C15H18BrNO3. The number of aliphatic carboxylic acids is 1. The molecule has 2 atom stereocenters. The molecule has 4 nitrogen and oxygen atoms in total. The molecule has 0 spiro atoms. The Kier molecular flexibility index (Phi) is 4.81. The van der Waals surface area contributed by atoms with Crippen LogP contribution in [0.1, 0.15) is 24.0 Å². The van der Waals surface area contributed by atoms with Crippen molar-refractivity contribution in [1.29, 1.82) is 0 Å². The van der Waals surface area contributed by atoms with Crippen molar-refractivity contribution in [2.75, 3.05) is 6.54 Å². The Hall–Kier alpha value is -1.36.